The fourth-order valence-electron chi connectivity index (χ4n) is 3.16. The first-order chi connectivity index (χ1) is 11.3. The summed E-state index contributed by atoms with van der Waals surface area (Å²) in [7, 11) is 2.06. The Morgan fingerprint density at radius 1 is 1.22 bits per heavy atom. The van der Waals surface area contributed by atoms with Crippen molar-refractivity contribution in [2.75, 3.05) is 26.9 Å². The van der Waals surface area contributed by atoms with E-state index >= 15 is 0 Å². The zero-order chi connectivity index (χ0) is 15.6. The Labute approximate surface area is 135 Å². The van der Waals surface area contributed by atoms with E-state index in [1.54, 1.807) is 0 Å². The Morgan fingerprint density at radius 2 is 2.17 bits per heavy atom. The van der Waals surface area contributed by atoms with Crippen LogP contribution in [0.1, 0.15) is 35.2 Å². The number of rotatable bonds is 5. The molecule has 4 rings (SSSR count). The lowest BCUT2D eigenvalue weighted by Crippen LogP contribution is -2.17. The molecule has 0 spiro atoms. The van der Waals surface area contributed by atoms with Crippen molar-refractivity contribution in [3.05, 3.63) is 41.1 Å². The molecule has 3 heterocycles. The number of benzene rings is 1. The van der Waals surface area contributed by atoms with Gasteiger partial charge in [0, 0.05) is 19.6 Å². The van der Waals surface area contributed by atoms with E-state index in [1.807, 2.05) is 0 Å². The Hall–Kier alpha value is -1.92. The molecule has 0 radical (unpaired) electrons. The van der Waals surface area contributed by atoms with Crippen LogP contribution in [-0.4, -0.2) is 42.0 Å². The summed E-state index contributed by atoms with van der Waals surface area (Å²) in [6, 6.07) is 6.42. The quantitative estimate of drug-likeness (QED) is 0.842. The Morgan fingerprint density at radius 3 is 3.04 bits per heavy atom. The molecule has 0 amide bonds. The van der Waals surface area contributed by atoms with Crippen molar-refractivity contribution < 1.29 is 13.9 Å². The SMILES string of the molecule is CN(Cc1ccc2c(c1)CCO2)Cc1nnc(C2CCOC2)o1. The van der Waals surface area contributed by atoms with E-state index in [4.69, 9.17) is 13.9 Å². The summed E-state index contributed by atoms with van der Waals surface area (Å²) >= 11 is 0. The second-order valence-electron chi connectivity index (χ2n) is 6.31. The monoisotopic (exact) mass is 315 g/mol. The molecule has 0 bridgehead atoms. The maximum Gasteiger partial charge on any atom is 0.230 e. The minimum absolute atomic E-state index is 0.262. The van der Waals surface area contributed by atoms with Crippen molar-refractivity contribution >= 4 is 0 Å². The van der Waals surface area contributed by atoms with Gasteiger partial charge in [-0.15, -0.1) is 10.2 Å². The van der Waals surface area contributed by atoms with Crippen molar-refractivity contribution in [3.8, 4) is 5.75 Å². The summed E-state index contributed by atoms with van der Waals surface area (Å²) in [6.07, 6.45) is 1.97. The van der Waals surface area contributed by atoms with Gasteiger partial charge in [-0.3, -0.25) is 4.90 Å². The number of nitrogens with zero attached hydrogens (tertiary/aromatic N) is 3. The lowest BCUT2D eigenvalue weighted by Gasteiger charge is -2.15. The first-order valence-electron chi connectivity index (χ1n) is 8.11. The maximum absolute atomic E-state index is 5.79. The number of aromatic nitrogens is 2. The molecule has 1 atom stereocenters. The summed E-state index contributed by atoms with van der Waals surface area (Å²) in [5, 5.41) is 8.33. The summed E-state index contributed by atoms with van der Waals surface area (Å²) in [5.74, 6) is 2.66. The average molecular weight is 315 g/mol. The number of fused-ring (bicyclic) bond motifs is 1. The maximum atomic E-state index is 5.79. The van der Waals surface area contributed by atoms with Gasteiger partial charge in [0.1, 0.15) is 5.75 Å². The molecule has 0 saturated carbocycles. The van der Waals surface area contributed by atoms with Crippen molar-refractivity contribution in [2.45, 2.75) is 31.8 Å². The molecule has 122 valence electrons. The van der Waals surface area contributed by atoms with Crippen LogP contribution < -0.4 is 4.74 Å². The van der Waals surface area contributed by atoms with Gasteiger partial charge in [0.25, 0.3) is 0 Å². The predicted octanol–water partition coefficient (Wildman–Crippen LogP) is 2.14. The minimum atomic E-state index is 0.262. The largest absolute Gasteiger partial charge is 0.493 e. The van der Waals surface area contributed by atoms with E-state index in [1.165, 1.54) is 11.1 Å². The Balaban J connectivity index is 1.37. The minimum Gasteiger partial charge on any atom is -0.493 e. The summed E-state index contributed by atoms with van der Waals surface area (Å²) in [6.45, 7) is 3.76. The van der Waals surface area contributed by atoms with Crippen LogP contribution in [0.4, 0.5) is 0 Å². The number of hydrogen-bond acceptors (Lipinski definition) is 6. The lowest BCUT2D eigenvalue weighted by molar-refractivity contribution is 0.190. The second-order valence-corrected chi connectivity index (χ2v) is 6.31. The second kappa shape index (κ2) is 6.29. The van der Waals surface area contributed by atoms with Gasteiger partial charge in [-0.25, -0.2) is 0 Å². The third kappa shape index (κ3) is 3.23. The molecule has 6 heteroatoms. The molecule has 1 aromatic heterocycles. The number of ether oxygens (including phenoxy) is 2. The molecule has 23 heavy (non-hydrogen) atoms. The van der Waals surface area contributed by atoms with Crippen molar-refractivity contribution in [1.29, 1.82) is 0 Å². The molecule has 1 saturated heterocycles. The van der Waals surface area contributed by atoms with Crippen LogP contribution in [0.2, 0.25) is 0 Å². The van der Waals surface area contributed by atoms with Gasteiger partial charge < -0.3 is 13.9 Å². The molecule has 0 aliphatic carbocycles. The van der Waals surface area contributed by atoms with Gasteiger partial charge in [-0.1, -0.05) is 12.1 Å². The van der Waals surface area contributed by atoms with Crippen LogP contribution in [0.3, 0.4) is 0 Å². The fourth-order valence-corrected chi connectivity index (χ4v) is 3.16. The molecule has 0 N–H and O–H groups in total. The first-order valence-corrected chi connectivity index (χ1v) is 8.11. The van der Waals surface area contributed by atoms with Crippen LogP contribution in [-0.2, 0) is 24.2 Å². The highest BCUT2D eigenvalue weighted by atomic mass is 16.5. The molecule has 2 aliphatic rings. The Kier molecular flexibility index (Phi) is 4.01. The summed E-state index contributed by atoms with van der Waals surface area (Å²) in [5.41, 5.74) is 2.58. The highest BCUT2D eigenvalue weighted by Gasteiger charge is 2.23. The lowest BCUT2D eigenvalue weighted by atomic mass is 10.1. The zero-order valence-electron chi connectivity index (χ0n) is 13.3. The average Bonchev–Trinajstić information content (AvgIpc) is 3.27. The molecule has 2 aliphatic heterocycles. The van der Waals surface area contributed by atoms with Gasteiger partial charge >= 0.3 is 0 Å². The van der Waals surface area contributed by atoms with Crippen molar-refractivity contribution in [2.24, 2.45) is 0 Å². The standard InChI is InChI=1S/C17H21N3O3/c1-20(9-12-2-3-15-13(8-12)5-7-22-15)10-16-18-19-17(23-16)14-4-6-21-11-14/h2-3,8,14H,4-7,9-11H2,1H3. The highest BCUT2D eigenvalue weighted by Crippen LogP contribution is 2.27. The van der Waals surface area contributed by atoms with E-state index in [9.17, 15) is 0 Å². The van der Waals surface area contributed by atoms with Crippen LogP contribution in [0.15, 0.2) is 22.6 Å². The van der Waals surface area contributed by atoms with Crippen LogP contribution >= 0.6 is 0 Å². The van der Waals surface area contributed by atoms with E-state index in [-0.39, 0.29) is 5.92 Å². The van der Waals surface area contributed by atoms with E-state index in [0.717, 1.165) is 38.3 Å². The number of hydrogen-bond donors (Lipinski definition) is 0. The van der Waals surface area contributed by atoms with Gasteiger partial charge in [-0.05, 0) is 30.7 Å². The molecular weight excluding hydrogens is 294 g/mol. The third-order valence-corrected chi connectivity index (χ3v) is 4.37. The molecule has 2 aromatic rings. The van der Waals surface area contributed by atoms with Gasteiger partial charge in [0.05, 0.1) is 25.7 Å². The molecule has 1 unspecified atom stereocenters. The molecule has 6 nitrogen and oxygen atoms in total. The van der Waals surface area contributed by atoms with Crippen molar-refractivity contribution in [1.82, 2.24) is 15.1 Å². The third-order valence-electron chi connectivity index (χ3n) is 4.37. The van der Waals surface area contributed by atoms with Crippen LogP contribution in [0.25, 0.3) is 0 Å². The van der Waals surface area contributed by atoms with Gasteiger partial charge in [0.15, 0.2) is 0 Å². The van der Waals surface area contributed by atoms with Crippen LogP contribution in [0, 0.1) is 0 Å². The van der Waals surface area contributed by atoms with Gasteiger partial charge in [0.2, 0.25) is 11.8 Å². The van der Waals surface area contributed by atoms with Gasteiger partial charge in [-0.2, -0.15) is 0 Å². The first kappa shape index (κ1) is 14.7. The van der Waals surface area contributed by atoms with E-state index in [0.29, 0.717) is 24.9 Å². The van der Waals surface area contributed by atoms with Crippen molar-refractivity contribution in [3.63, 3.8) is 0 Å². The fraction of sp³-hybridized carbons (Fsp3) is 0.529. The normalized spacial score (nSPS) is 20.0. The van der Waals surface area contributed by atoms with E-state index < -0.39 is 0 Å². The highest BCUT2D eigenvalue weighted by molar-refractivity contribution is 5.39. The van der Waals surface area contributed by atoms with E-state index in [2.05, 4.69) is 40.3 Å². The summed E-state index contributed by atoms with van der Waals surface area (Å²) < 4.78 is 16.7. The smallest absolute Gasteiger partial charge is 0.230 e. The topological polar surface area (TPSA) is 60.6 Å². The van der Waals surface area contributed by atoms with Crippen LogP contribution in [0.5, 0.6) is 5.75 Å². The molecule has 1 aromatic carbocycles. The Bertz CT molecular complexity index is 679. The predicted molar refractivity (Wildman–Crippen MR) is 83.3 cm³/mol. The zero-order valence-corrected chi connectivity index (χ0v) is 13.3. The summed E-state index contributed by atoms with van der Waals surface area (Å²) in [4.78, 5) is 2.18. The molecular formula is C17H21N3O3. The molecule has 1 fully saturated rings.